The average molecular weight is 981 g/mol. The second-order valence-corrected chi connectivity index (χ2v) is 23.6. The molecule has 18 heteroatoms. The number of hydrogen-bond donors (Lipinski definition) is 9. The normalized spacial score (nSPS) is 48.6. The highest BCUT2D eigenvalue weighted by Crippen LogP contribution is 2.76. The lowest BCUT2D eigenvalue weighted by molar-refractivity contribution is -0.357. The van der Waals surface area contributed by atoms with Crippen LogP contribution in [0.4, 0.5) is 0 Å². The van der Waals surface area contributed by atoms with Gasteiger partial charge in [-0.15, -0.1) is 0 Å². The number of aliphatic carboxylic acids is 1. The number of fused-ring (bicyclic) bond motifs is 7. The summed E-state index contributed by atoms with van der Waals surface area (Å²) < 4.78 is 36.0. The minimum absolute atomic E-state index is 0.0241. The van der Waals surface area contributed by atoms with Gasteiger partial charge in [-0.3, -0.25) is 4.79 Å². The summed E-state index contributed by atoms with van der Waals surface area (Å²) in [5, 5.41) is 101. The van der Waals surface area contributed by atoms with E-state index in [0.29, 0.717) is 50.5 Å². The maximum atomic E-state index is 13.8. The van der Waals surface area contributed by atoms with Gasteiger partial charge in [-0.2, -0.15) is 0 Å². The number of carboxylic acid groups (broad SMARTS) is 1. The van der Waals surface area contributed by atoms with Gasteiger partial charge in [0.2, 0.25) is 0 Å². The summed E-state index contributed by atoms with van der Waals surface area (Å²) in [6.07, 6.45) is -13.9. The van der Waals surface area contributed by atoms with Gasteiger partial charge in [0.1, 0.15) is 42.7 Å². The second kappa shape index (κ2) is 19.0. The number of aliphatic hydroxyl groups is 8. The van der Waals surface area contributed by atoms with Gasteiger partial charge >= 0.3 is 17.9 Å². The van der Waals surface area contributed by atoms with Gasteiger partial charge in [0.15, 0.2) is 24.8 Å². The van der Waals surface area contributed by atoms with E-state index in [1.807, 2.05) is 27.7 Å². The van der Waals surface area contributed by atoms with Crippen molar-refractivity contribution >= 4 is 17.9 Å². The predicted octanol–water partition coefficient (Wildman–Crippen LogP) is 2.52. The summed E-state index contributed by atoms with van der Waals surface area (Å²) in [7, 11) is 0. The lowest BCUT2D eigenvalue weighted by atomic mass is 9.32. The van der Waals surface area contributed by atoms with Crippen LogP contribution in [0.15, 0.2) is 23.3 Å². The monoisotopic (exact) mass is 981 g/mol. The molecule has 69 heavy (non-hydrogen) atoms. The van der Waals surface area contributed by atoms with Crippen molar-refractivity contribution < 1.29 is 88.8 Å². The topological polar surface area (TPSA) is 289 Å². The highest BCUT2D eigenvalue weighted by Gasteiger charge is 2.76. The first-order valence-corrected chi connectivity index (χ1v) is 25.0. The molecular weight excluding hydrogens is 901 g/mol. The van der Waals surface area contributed by atoms with Gasteiger partial charge < -0.3 is 74.4 Å². The Labute approximate surface area is 405 Å². The molecule has 0 aromatic heterocycles. The van der Waals surface area contributed by atoms with E-state index in [4.69, 9.17) is 28.4 Å². The molecule has 7 rings (SSSR count). The molecular formula is C51H80O18. The molecule has 0 radical (unpaired) electrons. The number of allylic oxidation sites excluding steroid dienone is 2. The van der Waals surface area contributed by atoms with E-state index in [1.165, 1.54) is 0 Å². The number of ether oxygens (including phenoxy) is 6. The van der Waals surface area contributed by atoms with E-state index in [1.54, 1.807) is 26.8 Å². The van der Waals surface area contributed by atoms with Crippen LogP contribution in [-0.4, -0.2) is 163 Å². The van der Waals surface area contributed by atoms with Gasteiger partial charge in [0.25, 0.3) is 0 Å². The molecule has 9 N–H and O–H groups in total. The Kier molecular flexibility index (Phi) is 14.9. The fourth-order valence-corrected chi connectivity index (χ4v) is 14.8. The number of esters is 2. The lowest BCUT2D eigenvalue weighted by Crippen LogP contribution is -2.76. The fourth-order valence-electron chi connectivity index (χ4n) is 14.8. The van der Waals surface area contributed by atoms with E-state index >= 15 is 0 Å². The Bertz CT molecular complexity index is 2000. The first-order chi connectivity index (χ1) is 32.1. The Morgan fingerprint density at radius 1 is 0.841 bits per heavy atom. The molecule has 4 saturated carbocycles. The molecule has 0 aromatic carbocycles. The van der Waals surface area contributed by atoms with Gasteiger partial charge in [-0.05, 0) is 92.8 Å². The molecule has 392 valence electrons. The van der Waals surface area contributed by atoms with Crippen LogP contribution < -0.4 is 0 Å². The predicted molar refractivity (Wildman–Crippen MR) is 244 cm³/mol. The second-order valence-electron chi connectivity index (χ2n) is 23.6. The average Bonchev–Trinajstić information content (AvgIpc) is 3.29. The Hall–Kier alpha value is -2.59. The lowest BCUT2D eigenvalue weighted by Gasteiger charge is -2.73. The van der Waals surface area contributed by atoms with Crippen LogP contribution >= 0.6 is 0 Å². The molecule has 18 nitrogen and oxygen atoms in total. The van der Waals surface area contributed by atoms with Gasteiger partial charge in [-0.25, -0.2) is 9.59 Å². The number of hydrogen-bond acceptors (Lipinski definition) is 17. The maximum absolute atomic E-state index is 13.8. The molecule has 22 unspecified atom stereocenters. The minimum atomic E-state index is -1.94. The Morgan fingerprint density at radius 3 is 2.12 bits per heavy atom. The number of aliphatic hydroxyl groups excluding tert-OH is 8. The van der Waals surface area contributed by atoms with Crippen LogP contribution in [0.1, 0.15) is 121 Å². The first-order valence-electron chi connectivity index (χ1n) is 25.0. The minimum Gasteiger partial charge on any atom is -0.479 e. The molecule has 7 aliphatic rings. The van der Waals surface area contributed by atoms with Crippen molar-refractivity contribution in [3.05, 3.63) is 23.3 Å². The van der Waals surface area contributed by atoms with Crippen molar-refractivity contribution in [3.8, 4) is 0 Å². The molecule has 0 bridgehead atoms. The van der Waals surface area contributed by atoms with Crippen molar-refractivity contribution in [2.24, 2.45) is 56.2 Å². The third-order valence-corrected chi connectivity index (χ3v) is 19.5. The smallest absolute Gasteiger partial charge is 0.335 e. The molecule has 6 fully saturated rings. The van der Waals surface area contributed by atoms with Crippen molar-refractivity contribution in [2.45, 2.75) is 207 Å². The number of carbonyl (C=O) groups is 3. The number of carboxylic acids is 1. The SMILES string of the molecule is CC=C(C)C(=O)OC1C(OC(=O)C(C)CC)C2(CO)C(CC1(C)C)C1=CCC3C4(C)CCC(OC5OC(C(=O)O)C(O)C(OC6OCC(O)C(O)C6O)C5O)C(C)(C)C4CCC3(C)C1(C)C(O)C2O. The van der Waals surface area contributed by atoms with E-state index in [0.717, 1.165) is 5.57 Å². The van der Waals surface area contributed by atoms with Crippen LogP contribution in [0.3, 0.4) is 0 Å². The Balaban J connectivity index is 1.20. The van der Waals surface area contributed by atoms with Crippen LogP contribution in [0, 0.1) is 56.2 Å². The fraction of sp³-hybridized carbons (Fsp3) is 0.863. The van der Waals surface area contributed by atoms with E-state index in [-0.39, 0.29) is 17.3 Å². The van der Waals surface area contributed by atoms with E-state index < -0.39 is 156 Å². The summed E-state index contributed by atoms with van der Waals surface area (Å²) in [4.78, 5) is 39.7. The van der Waals surface area contributed by atoms with E-state index in [9.17, 15) is 60.3 Å². The molecule has 0 aromatic rings. The van der Waals surface area contributed by atoms with Gasteiger partial charge in [-0.1, -0.05) is 80.0 Å². The van der Waals surface area contributed by atoms with Crippen LogP contribution in [0.5, 0.6) is 0 Å². The quantitative estimate of drug-likeness (QED) is 0.0622. The highest BCUT2D eigenvalue weighted by molar-refractivity contribution is 5.87. The van der Waals surface area contributed by atoms with Crippen molar-refractivity contribution in [2.75, 3.05) is 13.2 Å². The summed E-state index contributed by atoms with van der Waals surface area (Å²) >= 11 is 0. The summed E-state index contributed by atoms with van der Waals surface area (Å²) in [6, 6.07) is 0. The summed E-state index contributed by atoms with van der Waals surface area (Å²) in [5.41, 5.74) is -3.93. The van der Waals surface area contributed by atoms with Gasteiger partial charge in [0.05, 0.1) is 42.9 Å². The third-order valence-electron chi connectivity index (χ3n) is 19.5. The third kappa shape index (κ3) is 8.26. The first kappa shape index (κ1) is 54.2. The van der Waals surface area contributed by atoms with Crippen LogP contribution in [0.2, 0.25) is 0 Å². The van der Waals surface area contributed by atoms with Gasteiger partial charge in [0, 0.05) is 16.4 Å². The molecule has 2 heterocycles. The van der Waals surface area contributed by atoms with Crippen molar-refractivity contribution in [1.82, 2.24) is 0 Å². The zero-order chi connectivity index (χ0) is 51.3. The number of rotatable bonds is 11. The molecule has 0 spiro atoms. The molecule has 5 aliphatic carbocycles. The van der Waals surface area contributed by atoms with Crippen molar-refractivity contribution in [3.63, 3.8) is 0 Å². The maximum Gasteiger partial charge on any atom is 0.335 e. The Morgan fingerprint density at radius 2 is 1.51 bits per heavy atom. The molecule has 0 amide bonds. The summed E-state index contributed by atoms with van der Waals surface area (Å²) in [6.45, 7) is 20.3. The van der Waals surface area contributed by atoms with Crippen LogP contribution in [0.25, 0.3) is 0 Å². The number of carbonyl (C=O) groups excluding carboxylic acids is 2. The molecule has 22 atom stereocenters. The largest absolute Gasteiger partial charge is 0.479 e. The highest BCUT2D eigenvalue weighted by atomic mass is 16.7. The molecule has 2 aliphatic heterocycles. The van der Waals surface area contributed by atoms with Crippen molar-refractivity contribution in [1.29, 1.82) is 0 Å². The zero-order valence-electron chi connectivity index (χ0n) is 42.1. The van der Waals surface area contributed by atoms with E-state index in [2.05, 4.69) is 33.8 Å². The van der Waals surface area contributed by atoms with Crippen LogP contribution in [-0.2, 0) is 42.8 Å². The standard InChI is InChI=1S/C51H80O18/c1-12-23(3)42(62)68-39-40(69-43(63)24(4)13-2)51(22-52)26(20-46(39,5)6)25-14-15-29-48(9)18-17-30(47(7,8)28(48)16-19-49(29,10)50(25,11)37(58)38(51)59)65-45-34(57)35(33(56)36(67-45)41(60)61)66-44-32(55)31(54)27(53)21-64-44/h12,14,24,26-40,44-45,52-59H,13,15-22H2,1-11H3,(H,60,61). The molecule has 2 saturated heterocycles. The zero-order valence-corrected chi connectivity index (χ0v) is 42.1. The summed E-state index contributed by atoms with van der Waals surface area (Å²) in [5.74, 6) is -3.92.